The molecule has 27 heavy (non-hydrogen) atoms. The second-order valence-corrected chi connectivity index (χ2v) is 6.03. The van der Waals surface area contributed by atoms with Crippen molar-refractivity contribution in [3.63, 3.8) is 0 Å². The molecular weight excluding hydrogens is 364 g/mol. The molecule has 1 saturated heterocycles. The van der Waals surface area contributed by atoms with Crippen LogP contribution >= 0.6 is 0 Å². The molecule has 0 unspecified atom stereocenters. The summed E-state index contributed by atoms with van der Waals surface area (Å²) in [6.45, 7) is 2.49. The van der Waals surface area contributed by atoms with Crippen LogP contribution in [0.2, 0.25) is 0 Å². The van der Waals surface area contributed by atoms with Crippen molar-refractivity contribution in [3.8, 4) is 0 Å². The Labute approximate surface area is 153 Å². The van der Waals surface area contributed by atoms with Gasteiger partial charge in [-0.15, -0.1) is 0 Å². The fourth-order valence-electron chi connectivity index (χ4n) is 3.33. The zero-order valence-electron chi connectivity index (χ0n) is 14.9. The van der Waals surface area contributed by atoms with Crippen LogP contribution in [0.15, 0.2) is 17.1 Å². The SMILES string of the molecule is CC(=O)O[C@]1(C(C)=O)[C@H](O)[C@@H](CON)O[C@@]1(C(C)=O)n1ccc(N)nc1=O. The Morgan fingerprint density at radius 3 is 2.41 bits per heavy atom. The number of nitrogens with zero attached hydrogens (tertiary/aromatic N) is 2. The molecule has 0 saturated carbocycles. The molecule has 1 aromatic heterocycles. The van der Waals surface area contributed by atoms with Crippen molar-refractivity contribution in [1.29, 1.82) is 0 Å². The number of aromatic nitrogens is 2. The van der Waals surface area contributed by atoms with Gasteiger partial charge in [0, 0.05) is 13.1 Å². The van der Waals surface area contributed by atoms with Gasteiger partial charge in [-0.3, -0.25) is 19.0 Å². The van der Waals surface area contributed by atoms with E-state index in [2.05, 4.69) is 9.82 Å². The van der Waals surface area contributed by atoms with Crippen molar-refractivity contribution in [2.45, 2.75) is 44.3 Å². The average molecular weight is 384 g/mol. The standard InChI is InChI=1S/C15H20N4O8/c1-7(20)14(26-9(3)22)12(23)10(6-25-17)27-15(14,8(2)21)19-5-4-11(16)18-13(19)24/h4-5,10,12,23H,6,17H2,1-3H3,(H2,16,18,24)/t10-,12-,14-,15-/m1/s1. The Morgan fingerprint density at radius 1 is 1.33 bits per heavy atom. The fourth-order valence-corrected chi connectivity index (χ4v) is 3.33. The van der Waals surface area contributed by atoms with Crippen LogP contribution in [0.4, 0.5) is 5.82 Å². The van der Waals surface area contributed by atoms with Crippen molar-refractivity contribution < 1.29 is 33.8 Å². The van der Waals surface area contributed by atoms with Gasteiger partial charge in [-0.2, -0.15) is 4.98 Å². The summed E-state index contributed by atoms with van der Waals surface area (Å²) >= 11 is 0. The first-order valence-electron chi connectivity index (χ1n) is 7.79. The van der Waals surface area contributed by atoms with Crippen LogP contribution in [0.1, 0.15) is 20.8 Å². The minimum absolute atomic E-state index is 0.156. The summed E-state index contributed by atoms with van der Waals surface area (Å²) in [6.07, 6.45) is -2.21. The predicted molar refractivity (Wildman–Crippen MR) is 87.8 cm³/mol. The monoisotopic (exact) mass is 384 g/mol. The number of nitrogen functional groups attached to an aromatic ring is 1. The highest BCUT2D eigenvalue weighted by Gasteiger charge is 2.75. The molecule has 1 aliphatic rings. The molecular formula is C15H20N4O8. The van der Waals surface area contributed by atoms with Crippen molar-refractivity contribution in [2.24, 2.45) is 5.90 Å². The first-order valence-corrected chi connectivity index (χ1v) is 7.79. The van der Waals surface area contributed by atoms with E-state index in [4.69, 9.17) is 21.1 Å². The zero-order chi connectivity index (χ0) is 20.6. The van der Waals surface area contributed by atoms with Crippen molar-refractivity contribution >= 4 is 23.4 Å². The highest BCUT2D eigenvalue weighted by molar-refractivity contribution is 5.98. The molecule has 12 nitrogen and oxygen atoms in total. The van der Waals surface area contributed by atoms with Crippen LogP contribution < -0.4 is 17.3 Å². The highest BCUT2D eigenvalue weighted by Crippen LogP contribution is 2.47. The second kappa shape index (κ2) is 7.15. The Hall–Kier alpha value is -2.67. The number of aliphatic hydroxyl groups is 1. The summed E-state index contributed by atoms with van der Waals surface area (Å²) in [4.78, 5) is 57.6. The maximum atomic E-state index is 12.7. The third kappa shape index (κ3) is 2.92. The van der Waals surface area contributed by atoms with E-state index < -0.39 is 53.4 Å². The van der Waals surface area contributed by atoms with Gasteiger partial charge in [-0.25, -0.2) is 10.7 Å². The average Bonchev–Trinajstić information content (AvgIpc) is 2.79. The van der Waals surface area contributed by atoms with Gasteiger partial charge >= 0.3 is 11.7 Å². The lowest BCUT2D eigenvalue weighted by Gasteiger charge is -2.41. The minimum Gasteiger partial charge on any atom is -0.442 e. The lowest BCUT2D eigenvalue weighted by molar-refractivity contribution is -0.215. The number of esters is 1. The van der Waals surface area contributed by atoms with Gasteiger partial charge in [0.2, 0.25) is 0 Å². The smallest absolute Gasteiger partial charge is 0.352 e. The highest BCUT2D eigenvalue weighted by atomic mass is 16.7. The number of rotatable bonds is 6. The number of Topliss-reactive ketones (excluding diaryl/α,β-unsaturated/α-hetero) is 2. The third-order valence-electron chi connectivity index (χ3n) is 4.32. The van der Waals surface area contributed by atoms with E-state index >= 15 is 0 Å². The van der Waals surface area contributed by atoms with Crippen LogP contribution in [-0.4, -0.2) is 56.6 Å². The number of hydrogen-bond acceptors (Lipinski definition) is 11. The fraction of sp³-hybridized carbons (Fsp3) is 0.533. The first-order chi connectivity index (χ1) is 12.5. The molecule has 4 atom stereocenters. The number of ether oxygens (including phenoxy) is 2. The Morgan fingerprint density at radius 2 is 1.96 bits per heavy atom. The molecule has 0 aromatic carbocycles. The summed E-state index contributed by atoms with van der Waals surface area (Å²) in [5.41, 5.74) is -0.736. The van der Waals surface area contributed by atoms with Crippen LogP contribution in [0.5, 0.6) is 0 Å². The number of nitrogens with two attached hydrogens (primary N) is 2. The summed E-state index contributed by atoms with van der Waals surface area (Å²) in [5, 5.41) is 10.8. The molecule has 1 aromatic rings. The van der Waals surface area contributed by atoms with Gasteiger partial charge in [-0.1, -0.05) is 0 Å². The summed E-state index contributed by atoms with van der Waals surface area (Å²) in [7, 11) is 0. The number of hydrogen-bond donors (Lipinski definition) is 3. The van der Waals surface area contributed by atoms with Gasteiger partial charge in [0.1, 0.15) is 18.0 Å². The number of anilines is 1. The normalized spacial score (nSPS) is 30.1. The molecule has 0 bridgehead atoms. The van der Waals surface area contributed by atoms with Crippen LogP contribution in [0, 0.1) is 0 Å². The molecule has 2 rings (SSSR count). The molecule has 0 amide bonds. The van der Waals surface area contributed by atoms with Gasteiger partial charge in [0.05, 0.1) is 6.61 Å². The number of ketones is 2. The van der Waals surface area contributed by atoms with E-state index in [0.717, 1.165) is 27.0 Å². The topological polar surface area (TPSA) is 186 Å². The molecule has 0 aliphatic carbocycles. The third-order valence-corrected chi connectivity index (χ3v) is 4.32. The summed E-state index contributed by atoms with van der Waals surface area (Å²) < 4.78 is 11.4. The van der Waals surface area contributed by atoms with Crippen LogP contribution in [0.3, 0.4) is 0 Å². The van der Waals surface area contributed by atoms with Gasteiger partial charge in [0.15, 0.2) is 11.6 Å². The molecule has 2 heterocycles. The molecule has 1 fully saturated rings. The molecule has 1 aliphatic heterocycles. The zero-order valence-corrected chi connectivity index (χ0v) is 14.9. The molecule has 12 heteroatoms. The number of aliphatic hydroxyl groups excluding tert-OH is 1. The van der Waals surface area contributed by atoms with Crippen LogP contribution in [-0.2, 0) is 34.4 Å². The largest absolute Gasteiger partial charge is 0.442 e. The van der Waals surface area contributed by atoms with E-state index in [0.29, 0.717) is 4.57 Å². The number of carbonyl (C=O) groups is 3. The number of carbonyl (C=O) groups excluding carboxylic acids is 3. The minimum atomic E-state index is -2.59. The van der Waals surface area contributed by atoms with Gasteiger partial charge in [-0.05, 0) is 19.9 Å². The Balaban J connectivity index is 2.92. The quantitative estimate of drug-likeness (QED) is 0.351. The van der Waals surface area contributed by atoms with Gasteiger partial charge in [0.25, 0.3) is 11.3 Å². The maximum absolute atomic E-state index is 12.7. The van der Waals surface area contributed by atoms with Crippen molar-refractivity contribution in [1.82, 2.24) is 9.55 Å². The Kier molecular flexibility index (Phi) is 5.47. The van der Waals surface area contributed by atoms with E-state index in [1.807, 2.05) is 0 Å². The molecule has 148 valence electrons. The Bertz CT molecular complexity index is 839. The lowest BCUT2D eigenvalue weighted by Crippen LogP contribution is -2.68. The van der Waals surface area contributed by atoms with Gasteiger partial charge < -0.3 is 25.2 Å². The second-order valence-electron chi connectivity index (χ2n) is 6.03. The first kappa shape index (κ1) is 20.6. The maximum Gasteiger partial charge on any atom is 0.352 e. The van der Waals surface area contributed by atoms with E-state index in [1.54, 1.807) is 0 Å². The summed E-state index contributed by atoms with van der Waals surface area (Å²) in [5.74, 6) is 2.02. The van der Waals surface area contributed by atoms with E-state index in [-0.39, 0.29) is 5.82 Å². The summed E-state index contributed by atoms with van der Waals surface area (Å²) in [6, 6.07) is 1.17. The molecule has 5 N–H and O–H groups in total. The van der Waals surface area contributed by atoms with E-state index in [9.17, 15) is 24.3 Å². The van der Waals surface area contributed by atoms with Crippen LogP contribution in [0.25, 0.3) is 0 Å². The van der Waals surface area contributed by atoms with E-state index in [1.165, 1.54) is 6.07 Å². The van der Waals surface area contributed by atoms with Crippen molar-refractivity contribution in [2.75, 3.05) is 12.3 Å². The van der Waals surface area contributed by atoms with Crippen molar-refractivity contribution in [3.05, 3.63) is 22.7 Å². The molecule has 0 radical (unpaired) electrons. The lowest BCUT2D eigenvalue weighted by atomic mass is 9.79. The predicted octanol–water partition coefficient (Wildman–Crippen LogP) is -2.39. The molecule has 0 spiro atoms.